The van der Waals surface area contributed by atoms with Gasteiger partial charge in [0.05, 0.1) is 6.54 Å². The van der Waals surface area contributed by atoms with Crippen LogP contribution >= 0.6 is 24.8 Å². The topological polar surface area (TPSA) is 44.4 Å². The van der Waals surface area contributed by atoms with Gasteiger partial charge in [-0.2, -0.15) is 0 Å². The number of fused-ring (bicyclic) bond motifs is 2. The van der Waals surface area contributed by atoms with Gasteiger partial charge in [-0.1, -0.05) is 18.2 Å². The van der Waals surface area contributed by atoms with Gasteiger partial charge < -0.3 is 15.5 Å². The molecule has 0 saturated carbocycles. The lowest BCUT2D eigenvalue weighted by atomic mass is 10.1. The second-order valence-corrected chi connectivity index (χ2v) is 6.30. The number of carbonyl (C=O) groups is 1. The van der Waals surface area contributed by atoms with Crippen molar-refractivity contribution in [3.63, 3.8) is 0 Å². The van der Waals surface area contributed by atoms with Crippen LogP contribution < -0.4 is 10.6 Å². The molecule has 2 atom stereocenters. The van der Waals surface area contributed by atoms with Crippen molar-refractivity contribution in [1.29, 1.82) is 0 Å². The number of hydrogen-bond acceptors (Lipinski definition) is 3. The van der Waals surface area contributed by atoms with E-state index in [1.54, 1.807) is 0 Å². The summed E-state index contributed by atoms with van der Waals surface area (Å²) in [7, 11) is 0. The van der Waals surface area contributed by atoms with E-state index in [1.165, 1.54) is 17.5 Å². The second kappa shape index (κ2) is 8.76. The van der Waals surface area contributed by atoms with Crippen LogP contribution in [-0.4, -0.2) is 42.5 Å². The summed E-state index contributed by atoms with van der Waals surface area (Å²) in [5.41, 5.74) is 3.50. The standard InChI is InChI=1S/C17H25N3O.2ClH/c1-12-4-3-5-13(2)17(12)19-11-16(21)20-14-6-7-15(20)10-18-9-8-14;;/h3-5,14-15,18-19H,6-11H2,1-2H3;2*1H. The van der Waals surface area contributed by atoms with Crippen LogP contribution in [0.15, 0.2) is 18.2 Å². The van der Waals surface area contributed by atoms with Crippen LogP contribution in [0.4, 0.5) is 5.69 Å². The zero-order valence-corrected chi connectivity index (χ0v) is 15.4. The van der Waals surface area contributed by atoms with Crippen molar-refractivity contribution in [3.8, 4) is 0 Å². The Labute approximate surface area is 151 Å². The average Bonchev–Trinajstić information content (AvgIpc) is 2.71. The molecular weight excluding hydrogens is 333 g/mol. The maximum absolute atomic E-state index is 12.6. The van der Waals surface area contributed by atoms with Crippen molar-refractivity contribution < 1.29 is 4.79 Å². The number of para-hydroxylation sites is 1. The van der Waals surface area contributed by atoms with Gasteiger partial charge >= 0.3 is 0 Å². The molecule has 1 aromatic rings. The summed E-state index contributed by atoms with van der Waals surface area (Å²) in [5, 5.41) is 6.80. The van der Waals surface area contributed by atoms with Crippen LogP contribution in [0.2, 0.25) is 0 Å². The number of anilines is 1. The molecule has 4 nitrogen and oxygen atoms in total. The van der Waals surface area contributed by atoms with E-state index in [0.717, 1.165) is 31.6 Å². The van der Waals surface area contributed by atoms with Crippen LogP contribution in [-0.2, 0) is 4.79 Å². The number of halogens is 2. The summed E-state index contributed by atoms with van der Waals surface area (Å²) in [6.07, 6.45) is 3.40. The number of nitrogens with zero attached hydrogens (tertiary/aromatic N) is 1. The maximum atomic E-state index is 12.6. The average molecular weight is 360 g/mol. The summed E-state index contributed by atoms with van der Waals surface area (Å²) >= 11 is 0. The zero-order valence-electron chi connectivity index (χ0n) is 13.8. The molecule has 2 heterocycles. The molecule has 0 aliphatic carbocycles. The Morgan fingerprint density at radius 1 is 1.17 bits per heavy atom. The first-order valence-electron chi connectivity index (χ1n) is 7.99. The Hall–Kier alpha value is -0.970. The third kappa shape index (κ3) is 4.31. The lowest BCUT2D eigenvalue weighted by molar-refractivity contribution is -0.131. The van der Waals surface area contributed by atoms with Crippen molar-refractivity contribution in [2.24, 2.45) is 0 Å². The van der Waals surface area contributed by atoms with E-state index >= 15 is 0 Å². The van der Waals surface area contributed by atoms with Crippen LogP contribution in [0, 0.1) is 13.8 Å². The molecule has 0 radical (unpaired) electrons. The fraction of sp³-hybridized carbons (Fsp3) is 0.588. The third-order valence-corrected chi connectivity index (χ3v) is 4.84. The minimum absolute atomic E-state index is 0. The number of benzene rings is 1. The summed E-state index contributed by atoms with van der Waals surface area (Å²) in [6.45, 7) is 6.55. The Morgan fingerprint density at radius 2 is 1.83 bits per heavy atom. The molecule has 2 unspecified atom stereocenters. The van der Waals surface area contributed by atoms with Gasteiger partial charge in [-0.15, -0.1) is 24.8 Å². The highest BCUT2D eigenvalue weighted by Crippen LogP contribution is 2.28. The van der Waals surface area contributed by atoms with Gasteiger partial charge in [-0.25, -0.2) is 0 Å². The summed E-state index contributed by atoms with van der Waals surface area (Å²) in [4.78, 5) is 14.8. The van der Waals surface area contributed by atoms with Crippen molar-refractivity contribution in [3.05, 3.63) is 29.3 Å². The first-order chi connectivity index (χ1) is 10.2. The van der Waals surface area contributed by atoms with Crippen molar-refractivity contribution >= 4 is 36.4 Å². The number of amides is 1. The monoisotopic (exact) mass is 359 g/mol. The normalized spacial score (nSPS) is 22.6. The maximum Gasteiger partial charge on any atom is 0.242 e. The lowest BCUT2D eigenvalue weighted by Crippen LogP contribution is -2.45. The van der Waals surface area contributed by atoms with Gasteiger partial charge in [0.2, 0.25) is 5.91 Å². The van der Waals surface area contributed by atoms with E-state index < -0.39 is 0 Å². The molecule has 3 rings (SSSR count). The SMILES string of the molecule is Cc1cccc(C)c1NCC(=O)N1C2CCNCC1CC2.Cl.Cl. The molecule has 130 valence electrons. The van der Waals surface area contributed by atoms with Gasteiger partial charge in [0.1, 0.15) is 0 Å². The van der Waals surface area contributed by atoms with E-state index in [-0.39, 0.29) is 30.7 Å². The number of carbonyl (C=O) groups excluding carboxylic acids is 1. The minimum atomic E-state index is 0. The fourth-order valence-electron chi connectivity index (χ4n) is 3.74. The molecule has 1 amide bonds. The van der Waals surface area contributed by atoms with Crippen LogP contribution in [0.25, 0.3) is 0 Å². The largest absolute Gasteiger partial charge is 0.376 e. The molecule has 6 heteroatoms. The quantitative estimate of drug-likeness (QED) is 0.871. The van der Waals surface area contributed by atoms with Crippen LogP contribution in [0.1, 0.15) is 30.4 Å². The molecular formula is C17H27Cl2N3O. The van der Waals surface area contributed by atoms with Gasteiger partial charge in [-0.3, -0.25) is 4.79 Å². The molecule has 2 aliphatic heterocycles. The van der Waals surface area contributed by atoms with E-state index in [4.69, 9.17) is 0 Å². The van der Waals surface area contributed by atoms with Gasteiger partial charge in [0.15, 0.2) is 0 Å². The number of nitrogens with one attached hydrogen (secondary N) is 2. The Balaban J connectivity index is 0.00000132. The van der Waals surface area contributed by atoms with E-state index in [2.05, 4.69) is 47.6 Å². The zero-order chi connectivity index (χ0) is 14.8. The van der Waals surface area contributed by atoms with Crippen molar-refractivity contribution in [2.75, 3.05) is 25.0 Å². The highest BCUT2D eigenvalue weighted by molar-refractivity contribution is 5.85. The summed E-state index contributed by atoms with van der Waals surface area (Å²) in [5.74, 6) is 0.244. The van der Waals surface area contributed by atoms with Gasteiger partial charge in [0, 0.05) is 24.3 Å². The van der Waals surface area contributed by atoms with Crippen LogP contribution in [0.3, 0.4) is 0 Å². The van der Waals surface area contributed by atoms with Crippen molar-refractivity contribution in [2.45, 2.75) is 45.2 Å². The molecule has 0 spiro atoms. The number of hydrogen-bond donors (Lipinski definition) is 2. The van der Waals surface area contributed by atoms with Gasteiger partial charge in [0.25, 0.3) is 0 Å². The number of aryl methyl sites for hydroxylation is 2. The van der Waals surface area contributed by atoms with Crippen molar-refractivity contribution in [1.82, 2.24) is 10.2 Å². The molecule has 2 bridgehead atoms. The summed E-state index contributed by atoms with van der Waals surface area (Å²) < 4.78 is 0. The Kier molecular flexibility index (Phi) is 7.65. The molecule has 2 aliphatic rings. The Morgan fingerprint density at radius 3 is 2.52 bits per heavy atom. The third-order valence-electron chi connectivity index (χ3n) is 4.84. The van der Waals surface area contributed by atoms with Crippen LogP contribution in [0.5, 0.6) is 0 Å². The van der Waals surface area contributed by atoms with E-state index in [0.29, 0.717) is 18.6 Å². The molecule has 2 N–H and O–H groups in total. The molecule has 23 heavy (non-hydrogen) atoms. The number of rotatable bonds is 3. The molecule has 2 saturated heterocycles. The lowest BCUT2D eigenvalue weighted by Gasteiger charge is -2.28. The molecule has 0 aromatic heterocycles. The second-order valence-electron chi connectivity index (χ2n) is 6.30. The predicted molar refractivity (Wildman–Crippen MR) is 100 cm³/mol. The summed E-state index contributed by atoms with van der Waals surface area (Å²) in [6, 6.07) is 7.05. The smallest absolute Gasteiger partial charge is 0.242 e. The molecule has 2 fully saturated rings. The first kappa shape index (κ1) is 20.1. The predicted octanol–water partition coefficient (Wildman–Crippen LogP) is 2.91. The fourth-order valence-corrected chi connectivity index (χ4v) is 3.74. The minimum Gasteiger partial charge on any atom is -0.376 e. The van der Waals surface area contributed by atoms with E-state index in [1.807, 2.05) is 0 Å². The van der Waals surface area contributed by atoms with Gasteiger partial charge in [-0.05, 0) is 50.8 Å². The van der Waals surface area contributed by atoms with E-state index in [9.17, 15) is 4.79 Å². The Bertz CT molecular complexity index is 504. The molecule has 1 aromatic carbocycles. The first-order valence-corrected chi connectivity index (χ1v) is 7.99. The highest BCUT2D eigenvalue weighted by atomic mass is 35.5. The highest BCUT2D eigenvalue weighted by Gasteiger charge is 2.37.